The van der Waals surface area contributed by atoms with Gasteiger partial charge in [-0.15, -0.1) is 0 Å². The molecule has 0 spiro atoms. The average Bonchev–Trinajstić information content (AvgIpc) is 2.94. The molecular formula is C15H16ClNO3. The second-order valence-corrected chi connectivity index (χ2v) is 4.83. The third-order valence-electron chi connectivity index (χ3n) is 2.81. The van der Waals surface area contributed by atoms with Crippen LogP contribution >= 0.6 is 11.6 Å². The number of benzene rings is 1. The fraction of sp³-hybridized carbons (Fsp3) is 0.267. The number of nitrogens with one attached hydrogen (secondary N) is 1. The smallest absolute Gasteiger partial charge is 0.287 e. The van der Waals surface area contributed by atoms with Crippen molar-refractivity contribution in [1.29, 1.82) is 0 Å². The Balaban J connectivity index is 1.80. The zero-order valence-corrected chi connectivity index (χ0v) is 12.2. The fourth-order valence-electron chi connectivity index (χ4n) is 1.82. The molecule has 0 saturated carbocycles. The number of hydrogen-bond acceptors (Lipinski definition) is 3. The zero-order chi connectivity index (χ0) is 14.5. The summed E-state index contributed by atoms with van der Waals surface area (Å²) in [6, 6.07) is 7.04. The normalized spacial score (nSPS) is 10.3. The summed E-state index contributed by atoms with van der Waals surface area (Å²) < 4.78 is 10.6. The number of carbonyl (C=O) groups is 1. The summed E-state index contributed by atoms with van der Waals surface area (Å²) >= 11 is 6.09. The minimum Gasteiger partial charge on any atom is -0.492 e. The Morgan fingerprint density at radius 1 is 1.35 bits per heavy atom. The van der Waals surface area contributed by atoms with Crippen LogP contribution in [0.15, 0.2) is 34.9 Å². The first-order valence-corrected chi connectivity index (χ1v) is 6.67. The van der Waals surface area contributed by atoms with Crippen LogP contribution in [0.25, 0.3) is 0 Å². The minimum atomic E-state index is -0.248. The van der Waals surface area contributed by atoms with Crippen molar-refractivity contribution in [3.05, 3.63) is 52.4 Å². The monoisotopic (exact) mass is 293 g/mol. The molecule has 0 saturated heterocycles. The van der Waals surface area contributed by atoms with Gasteiger partial charge in [0.15, 0.2) is 5.76 Å². The summed E-state index contributed by atoms with van der Waals surface area (Å²) in [6.45, 7) is 4.65. The Kier molecular flexibility index (Phi) is 4.69. The molecule has 20 heavy (non-hydrogen) atoms. The molecule has 1 amide bonds. The molecular weight excluding hydrogens is 278 g/mol. The molecule has 5 heteroatoms. The number of halogens is 1. The number of ether oxygens (including phenoxy) is 1. The summed E-state index contributed by atoms with van der Waals surface area (Å²) in [4.78, 5) is 11.6. The quantitative estimate of drug-likeness (QED) is 0.860. The predicted molar refractivity (Wildman–Crippen MR) is 77.5 cm³/mol. The van der Waals surface area contributed by atoms with Gasteiger partial charge in [0.1, 0.15) is 12.4 Å². The molecule has 0 bridgehead atoms. The van der Waals surface area contributed by atoms with Gasteiger partial charge in [-0.25, -0.2) is 0 Å². The number of carbonyl (C=O) groups excluding carboxylic acids is 1. The summed E-state index contributed by atoms with van der Waals surface area (Å²) in [5.41, 5.74) is 1.95. The Morgan fingerprint density at radius 3 is 2.65 bits per heavy atom. The van der Waals surface area contributed by atoms with E-state index >= 15 is 0 Å². The van der Waals surface area contributed by atoms with Crippen LogP contribution in [-0.2, 0) is 0 Å². The summed E-state index contributed by atoms with van der Waals surface area (Å²) in [5, 5.41) is 3.47. The molecule has 0 unspecified atom stereocenters. The maximum absolute atomic E-state index is 11.6. The fourth-order valence-corrected chi connectivity index (χ4v) is 1.93. The largest absolute Gasteiger partial charge is 0.492 e. The number of hydrogen-bond donors (Lipinski definition) is 1. The highest BCUT2D eigenvalue weighted by molar-refractivity contribution is 6.32. The van der Waals surface area contributed by atoms with E-state index in [4.69, 9.17) is 20.8 Å². The molecule has 106 valence electrons. The summed E-state index contributed by atoms with van der Waals surface area (Å²) in [5.74, 6) is 0.793. The van der Waals surface area contributed by atoms with E-state index in [-0.39, 0.29) is 5.91 Å². The van der Waals surface area contributed by atoms with Crippen molar-refractivity contribution in [3.8, 4) is 5.75 Å². The van der Waals surface area contributed by atoms with Gasteiger partial charge in [-0.1, -0.05) is 11.6 Å². The third-order valence-corrected chi connectivity index (χ3v) is 3.41. The number of amides is 1. The molecule has 0 fully saturated rings. The molecule has 2 rings (SSSR count). The first-order valence-electron chi connectivity index (χ1n) is 6.29. The molecule has 1 aromatic heterocycles. The van der Waals surface area contributed by atoms with Crippen LogP contribution in [0.5, 0.6) is 5.75 Å². The number of aryl methyl sites for hydroxylation is 2. The number of furan rings is 1. The lowest BCUT2D eigenvalue weighted by molar-refractivity contribution is 0.0919. The van der Waals surface area contributed by atoms with Crippen molar-refractivity contribution < 1.29 is 13.9 Å². The van der Waals surface area contributed by atoms with E-state index in [1.807, 2.05) is 26.0 Å². The van der Waals surface area contributed by atoms with E-state index in [1.54, 1.807) is 12.1 Å². The van der Waals surface area contributed by atoms with Crippen molar-refractivity contribution in [2.75, 3.05) is 13.2 Å². The average molecular weight is 294 g/mol. The maximum Gasteiger partial charge on any atom is 0.287 e. The van der Waals surface area contributed by atoms with E-state index in [0.29, 0.717) is 18.9 Å². The Labute approximate surface area is 122 Å². The summed E-state index contributed by atoms with van der Waals surface area (Å²) in [6.07, 6.45) is 1.46. The van der Waals surface area contributed by atoms with Crippen LogP contribution < -0.4 is 10.1 Å². The van der Waals surface area contributed by atoms with E-state index in [0.717, 1.165) is 21.9 Å². The lowest BCUT2D eigenvalue weighted by Gasteiger charge is -2.10. The number of rotatable bonds is 5. The molecule has 2 aromatic rings. The van der Waals surface area contributed by atoms with E-state index in [9.17, 15) is 4.79 Å². The SMILES string of the molecule is Cc1cc(OCCNC(=O)c2ccco2)cc(C)c1Cl. The van der Waals surface area contributed by atoms with Crippen molar-refractivity contribution in [2.24, 2.45) is 0 Å². The first-order chi connectivity index (χ1) is 9.58. The van der Waals surface area contributed by atoms with Crippen LogP contribution in [-0.4, -0.2) is 19.1 Å². The van der Waals surface area contributed by atoms with Gasteiger partial charge in [-0.3, -0.25) is 4.79 Å². The van der Waals surface area contributed by atoms with Crippen molar-refractivity contribution in [1.82, 2.24) is 5.32 Å². The summed E-state index contributed by atoms with van der Waals surface area (Å²) in [7, 11) is 0. The second-order valence-electron chi connectivity index (χ2n) is 4.45. The Hall–Kier alpha value is -1.94. The Bertz CT molecular complexity index is 570. The van der Waals surface area contributed by atoms with Gasteiger partial charge in [0.2, 0.25) is 0 Å². The van der Waals surface area contributed by atoms with Crippen LogP contribution in [0.4, 0.5) is 0 Å². The molecule has 1 aromatic carbocycles. The molecule has 0 aliphatic rings. The zero-order valence-electron chi connectivity index (χ0n) is 11.4. The molecule has 4 nitrogen and oxygen atoms in total. The highest BCUT2D eigenvalue weighted by Gasteiger charge is 2.07. The maximum atomic E-state index is 11.6. The van der Waals surface area contributed by atoms with Crippen LogP contribution in [0.3, 0.4) is 0 Å². The van der Waals surface area contributed by atoms with E-state index < -0.39 is 0 Å². The van der Waals surface area contributed by atoms with Crippen molar-refractivity contribution in [2.45, 2.75) is 13.8 Å². The lowest BCUT2D eigenvalue weighted by Crippen LogP contribution is -2.27. The van der Waals surface area contributed by atoms with E-state index in [1.165, 1.54) is 6.26 Å². The second kappa shape index (κ2) is 6.48. The molecule has 0 aliphatic carbocycles. The first kappa shape index (κ1) is 14.5. The van der Waals surface area contributed by atoms with Gasteiger partial charge < -0.3 is 14.5 Å². The molecule has 1 N–H and O–H groups in total. The Morgan fingerprint density at radius 2 is 2.05 bits per heavy atom. The van der Waals surface area contributed by atoms with E-state index in [2.05, 4.69) is 5.32 Å². The molecule has 0 atom stereocenters. The van der Waals surface area contributed by atoms with Crippen LogP contribution in [0, 0.1) is 13.8 Å². The van der Waals surface area contributed by atoms with Crippen LogP contribution in [0.1, 0.15) is 21.7 Å². The highest BCUT2D eigenvalue weighted by Crippen LogP contribution is 2.25. The van der Waals surface area contributed by atoms with Crippen LogP contribution in [0.2, 0.25) is 5.02 Å². The lowest BCUT2D eigenvalue weighted by atomic mass is 10.1. The minimum absolute atomic E-state index is 0.248. The van der Waals surface area contributed by atoms with Crippen molar-refractivity contribution in [3.63, 3.8) is 0 Å². The van der Waals surface area contributed by atoms with Gasteiger partial charge in [-0.05, 0) is 49.2 Å². The topological polar surface area (TPSA) is 51.5 Å². The van der Waals surface area contributed by atoms with Gasteiger partial charge in [0.25, 0.3) is 5.91 Å². The molecule has 0 aliphatic heterocycles. The highest BCUT2D eigenvalue weighted by atomic mass is 35.5. The van der Waals surface area contributed by atoms with Gasteiger partial charge in [0.05, 0.1) is 12.8 Å². The standard InChI is InChI=1S/C15H16ClNO3/c1-10-8-12(9-11(2)14(10)16)19-7-5-17-15(18)13-4-3-6-20-13/h3-4,6,8-9H,5,7H2,1-2H3,(H,17,18). The van der Waals surface area contributed by atoms with Crippen molar-refractivity contribution >= 4 is 17.5 Å². The molecule has 0 radical (unpaired) electrons. The third kappa shape index (κ3) is 3.54. The van der Waals surface area contributed by atoms with Gasteiger partial charge >= 0.3 is 0 Å². The van der Waals surface area contributed by atoms with Gasteiger partial charge in [-0.2, -0.15) is 0 Å². The molecule has 1 heterocycles. The predicted octanol–water partition coefficient (Wildman–Crippen LogP) is 3.36. The van der Waals surface area contributed by atoms with Gasteiger partial charge in [0, 0.05) is 5.02 Å².